The lowest BCUT2D eigenvalue weighted by molar-refractivity contribution is 0.297. The minimum absolute atomic E-state index is 0.281. The molecule has 20 heavy (non-hydrogen) atoms. The maximum Gasteiger partial charge on any atom is 0.128 e. The Kier molecular flexibility index (Phi) is 5.15. The first-order chi connectivity index (χ1) is 9.56. The van der Waals surface area contributed by atoms with E-state index in [1.165, 1.54) is 6.07 Å². The molecule has 0 bridgehead atoms. The number of hydrogen-bond acceptors (Lipinski definition) is 2. The normalized spacial score (nSPS) is 12.2. The smallest absolute Gasteiger partial charge is 0.128 e. The highest BCUT2D eigenvalue weighted by Gasteiger charge is 2.12. The van der Waals surface area contributed by atoms with E-state index in [-0.39, 0.29) is 11.9 Å². The minimum Gasteiger partial charge on any atom is -0.494 e. The third-order valence-corrected chi connectivity index (χ3v) is 3.54. The predicted molar refractivity (Wildman–Crippen MR) is 82.3 cm³/mol. The van der Waals surface area contributed by atoms with Crippen LogP contribution in [0.5, 0.6) is 5.75 Å². The number of aryl methyl sites for hydroxylation is 1. The van der Waals surface area contributed by atoms with Crippen molar-refractivity contribution in [2.24, 2.45) is 5.73 Å². The highest BCUT2D eigenvalue weighted by atomic mass is 79.9. The van der Waals surface area contributed by atoms with Crippen LogP contribution in [-0.2, 0) is 0 Å². The van der Waals surface area contributed by atoms with Gasteiger partial charge in [0.15, 0.2) is 0 Å². The molecule has 2 N–H and O–H groups in total. The van der Waals surface area contributed by atoms with Crippen LogP contribution in [-0.4, -0.2) is 6.61 Å². The van der Waals surface area contributed by atoms with E-state index < -0.39 is 0 Å². The monoisotopic (exact) mass is 337 g/mol. The third kappa shape index (κ3) is 4.05. The van der Waals surface area contributed by atoms with Gasteiger partial charge in [0, 0.05) is 22.5 Å². The van der Waals surface area contributed by atoms with Gasteiger partial charge in [-0.2, -0.15) is 0 Å². The summed E-state index contributed by atoms with van der Waals surface area (Å²) in [6.45, 7) is 2.46. The summed E-state index contributed by atoms with van der Waals surface area (Å²) in [4.78, 5) is 0. The van der Waals surface area contributed by atoms with Gasteiger partial charge in [0.05, 0.1) is 6.61 Å². The van der Waals surface area contributed by atoms with E-state index in [9.17, 15) is 4.39 Å². The molecule has 0 heterocycles. The summed E-state index contributed by atoms with van der Waals surface area (Å²) in [5.74, 6) is 0.531. The van der Waals surface area contributed by atoms with Gasteiger partial charge < -0.3 is 10.5 Å². The Hall–Kier alpha value is -1.39. The second kappa shape index (κ2) is 6.86. The Balaban J connectivity index is 1.92. The van der Waals surface area contributed by atoms with Crippen molar-refractivity contribution in [1.29, 1.82) is 0 Å². The number of halogens is 2. The Morgan fingerprint density at radius 3 is 2.80 bits per heavy atom. The molecule has 2 aromatic carbocycles. The van der Waals surface area contributed by atoms with Crippen LogP contribution in [0.3, 0.4) is 0 Å². The molecule has 0 fully saturated rings. The van der Waals surface area contributed by atoms with Crippen molar-refractivity contribution in [3.63, 3.8) is 0 Å². The molecule has 1 atom stereocenters. The molecule has 0 aliphatic rings. The number of nitrogens with two attached hydrogens (primary N) is 1. The lowest BCUT2D eigenvalue weighted by Gasteiger charge is -2.14. The number of hydrogen-bond donors (Lipinski definition) is 1. The van der Waals surface area contributed by atoms with Gasteiger partial charge in [-0.05, 0) is 42.8 Å². The number of ether oxygens (including phenoxy) is 1. The zero-order valence-corrected chi connectivity index (χ0v) is 12.9. The van der Waals surface area contributed by atoms with Crippen LogP contribution >= 0.6 is 15.9 Å². The summed E-state index contributed by atoms with van der Waals surface area (Å²) in [6.07, 6.45) is 0.557. The first kappa shape index (κ1) is 15.0. The summed E-state index contributed by atoms with van der Waals surface area (Å²) in [5, 5.41) is 0. The van der Waals surface area contributed by atoms with Crippen LogP contribution in [0.25, 0.3) is 0 Å². The molecule has 106 valence electrons. The van der Waals surface area contributed by atoms with Crippen molar-refractivity contribution in [3.8, 4) is 5.75 Å². The molecule has 4 heteroatoms. The minimum atomic E-state index is -0.377. The summed E-state index contributed by atoms with van der Waals surface area (Å²) in [6, 6.07) is 12.2. The van der Waals surface area contributed by atoms with Gasteiger partial charge in [0.25, 0.3) is 0 Å². The molecule has 0 aromatic heterocycles. The van der Waals surface area contributed by atoms with Gasteiger partial charge in [-0.15, -0.1) is 0 Å². The van der Waals surface area contributed by atoms with Crippen LogP contribution in [0.2, 0.25) is 0 Å². The van der Waals surface area contributed by atoms with Gasteiger partial charge in [-0.1, -0.05) is 28.1 Å². The molecular weight excluding hydrogens is 321 g/mol. The molecule has 0 aliphatic heterocycles. The third-order valence-electron chi connectivity index (χ3n) is 3.04. The summed E-state index contributed by atoms with van der Waals surface area (Å²) in [5.41, 5.74) is 7.67. The van der Waals surface area contributed by atoms with Crippen LogP contribution in [0.1, 0.15) is 23.6 Å². The zero-order valence-electron chi connectivity index (χ0n) is 11.3. The van der Waals surface area contributed by atoms with E-state index in [0.717, 1.165) is 15.8 Å². The van der Waals surface area contributed by atoms with Gasteiger partial charge in [0.2, 0.25) is 0 Å². The molecule has 2 rings (SSSR count). The topological polar surface area (TPSA) is 35.2 Å². The molecule has 0 spiro atoms. The molecule has 0 saturated heterocycles. The zero-order chi connectivity index (χ0) is 14.5. The van der Waals surface area contributed by atoms with E-state index >= 15 is 0 Å². The molecule has 2 aromatic rings. The van der Waals surface area contributed by atoms with E-state index in [4.69, 9.17) is 10.5 Å². The summed E-state index contributed by atoms with van der Waals surface area (Å²) < 4.78 is 20.1. The second-order valence-corrected chi connectivity index (χ2v) is 5.64. The van der Waals surface area contributed by atoms with Crippen LogP contribution in [0.15, 0.2) is 46.9 Å². The highest BCUT2D eigenvalue weighted by Crippen LogP contribution is 2.22. The van der Waals surface area contributed by atoms with Crippen LogP contribution in [0.4, 0.5) is 4.39 Å². The lowest BCUT2D eigenvalue weighted by Crippen LogP contribution is -2.15. The fourth-order valence-electron chi connectivity index (χ4n) is 1.96. The van der Waals surface area contributed by atoms with E-state index in [1.807, 2.05) is 31.2 Å². The number of rotatable bonds is 5. The average molecular weight is 338 g/mol. The molecule has 0 aliphatic carbocycles. The Bertz CT molecular complexity index is 588. The second-order valence-electron chi connectivity index (χ2n) is 4.73. The van der Waals surface area contributed by atoms with Gasteiger partial charge in [-0.3, -0.25) is 0 Å². The van der Waals surface area contributed by atoms with Gasteiger partial charge in [-0.25, -0.2) is 4.39 Å². The Labute approximate surface area is 126 Å². The van der Waals surface area contributed by atoms with Gasteiger partial charge >= 0.3 is 0 Å². The van der Waals surface area contributed by atoms with Crippen LogP contribution < -0.4 is 10.5 Å². The molecule has 0 saturated carbocycles. The molecular formula is C16H17BrFNO. The largest absolute Gasteiger partial charge is 0.494 e. The van der Waals surface area contributed by atoms with E-state index in [2.05, 4.69) is 15.9 Å². The van der Waals surface area contributed by atoms with Crippen molar-refractivity contribution in [2.75, 3.05) is 6.61 Å². The first-order valence-corrected chi connectivity index (χ1v) is 7.25. The number of benzene rings is 2. The van der Waals surface area contributed by atoms with Crippen molar-refractivity contribution < 1.29 is 9.13 Å². The van der Waals surface area contributed by atoms with Crippen molar-refractivity contribution in [2.45, 2.75) is 19.4 Å². The lowest BCUT2D eigenvalue weighted by atomic mass is 10.0. The summed E-state index contributed by atoms with van der Waals surface area (Å²) in [7, 11) is 0. The Morgan fingerprint density at radius 2 is 2.05 bits per heavy atom. The fourth-order valence-corrected chi connectivity index (χ4v) is 2.34. The SMILES string of the molecule is Cc1cccc(OCCC(N)c2cc(Br)ccc2F)c1. The maximum atomic E-state index is 13.7. The standard InChI is InChI=1S/C16H17BrFNO/c1-11-3-2-4-13(9-11)20-8-7-16(19)14-10-12(17)5-6-15(14)18/h2-6,9-10,16H,7-8,19H2,1H3. The predicted octanol–water partition coefficient (Wildman–Crippen LogP) is 4.37. The average Bonchev–Trinajstić information content (AvgIpc) is 2.41. The van der Waals surface area contributed by atoms with Gasteiger partial charge in [0.1, 0.15) is 11.6 Å². The Morgan fingerprint density at radius 1 is 1.25 bits per heavy atom. The molecule has 2 nitrogen and oxygen atoms in total. The maximum absolute atomic E-state index is 13.7. The quantitative estimate of drug-likeness (QED) is 0.879. The molecule has 1 unspecified atom stereocenters. The van der Waals surface area contributed by atoms with E-state index in [1.54, 1.807) is 12.1 Å². The van der Waals surface area contributed by atoms with Crippen molar-refractivity contribution in [3.05, 3.63) is 63.9 Å². The fraction of sp³-hybridized carbons (Fsp3) is 0.250. The van der Waals surface area contributed by atoms with Crippen molar-refractivity contribution in [1.82, 2.24) is 0 Å². The molecule has 0 radical (unpaired) electrons. The first-order valence-electron chi connectivity index (χ1n) is 6.46. The molecule has 0 amide bonds. The van der Waals surface area contributed by atoms with E-state index in [0.29, 0.717) is 18.6 Å². The van der Waals surface area contributed by atoms with Crippen molar-refractivity contribution >= 4 is 15.9 Å². The summed E-state index contributed by atoms with van der Waals surface area (Å²) >= 11 is 3.32. The van der Waals surface area contributed by atoms with Crippen LogP contribution in [0, 0.1) is 12.7 Å². The highest BCUT2D eigenvalue weighted by molar-refractivity contribution is 9.10.